The lowest BCUT2D eigenvalue weighted by molar-refractivity contribution is 0.268. The first-order valence-corrected chi connectivity index (χ1v) is 1.81. The van der Waals surface area contributed by atoms with Crippen LogP contribution in [0.25, 0.3) is 10.4 Å². The Morgan fingerprint density at radius 2 is 2.50 bits per heavy atom. The number of carbonyl (C=O) groups is 1. The van der Waals surface area contributed by atoms with Crippen molar-refractivity contribution in [1.82, 2.24) is 0 Å². The first-order valence-electron chi connectivity index (χ1n) is 1.02. The monoisotopic (exact) mass is 149 g/mol. The molecule has 5 heteroatoms. The second kappa shape index (κ2) is 2.68. The summed E-state index contributed by atoms with van der Waals surface area (Å²) >= 11 is 2.38. The van der Waals surface area contributed by atoms with Crippen LogP contribution in [0.4, 0.5) is 4.79 Å². The lowest BCUT2D eigenvalue weighted by Crippen LogP contribution is -1.60. The Morgan fingerprint density at radius 3 is 2.50 bits per heavy atom. The molecule has 0 aliphatic rings. The minimum atomic E-state index is -0.690. The summed E-state index contributed by atoms with van der Waals surface area (Å²) < 4.78 is 0. The normalized spacial score (nSPS) is 6.17. The van der Waals surface area contributed by atoms with Crippen LogP contribution in [0.3, 0.4) is 0 Å². The Hall–Kier alpha value is -0.540. The topological polar surface area (TPSA) is 65.8 Å². The summed E-state index contributed by atoms with van der Waals surface area (Å²) in [4.78, 5) is 11.0. The molecule has 0 aromatic heterocycles. The molecule has 0 bridgehead atoms. The van der Waals surface area contributed by atoms with E-state index in [2.05, 4.69) is 26.0 Å². The molecule has 0 aromatic carbocycles. The highest BCUT2D eigenvalue weighted by Gasteiger charge is 1.78. The molecule has 0 spiro atoms. The molecule has 0 rings (SSSR count). The fourth-order valence-corrected chi connectivity index (χ4v) is 0.106. The van der Waals surface area contributed by atoms with E-state index in [1.807, 2.05) is 0 Å². The van der Waals surface area contributed by atoms with Crippen LogP contribution in [0.1, 0.15) is 0 Å². The Balaban J connectivity index is 3.60. The van der Waals surface area contributed by atoms with Gasteiger partial charge in [0.2, 0.25) is 0 Å². The van der Waals surface area contributed by atoms with Crippen LogP contribution >= 0.6 is 15.9 Å². The van der Waals surface area contributed by atoms with Crippen molar-refractivity contribution in [3.8, 4) is 0 Å². The van der Waals surface area contributed by atoms with E-state index in [4.69, 9.17) is 5.53 Å². The van der Waals surface area contributed by atoms with E-state index in [1.54, 1.807) is 0 Å². The second-order valence-corrected chi connectivity index (χ2v) is 1.12. The van der Waals surface area contributed by atoms with Crippen LogP contribution in [-0.4, -0.2) is 4.82 Å². The van der Waals surface area contributed by atoms with E-state index in [0.717, 1.165) is 0 Å². The molecule has 0 unspecified atom stereocenters. The third-order valence-corrected chi connectivity index (χ3v) is 0.282. The molecule has 0 fully saturated rings. The van der Waals surface area contributed by atoms with Gasteiger partial charge < -0.3 is 0 Å². The summed E-state index contributed by atoms with van der Waals surface area (Å²) in [6.45, 7) is 0. The van der Waals surface area contributed by atoms with Crippen molar-refractivity contribution in [3.63, 3.8) is 0 Å². The Bertz CT molecular complexity index is 103. The molecule has 0 atom stereocenters. The van der Waals surface area contributed by atoms with Gasteiger partial charge in [-0.25, -0.2) is 0 Å². The third-order valence-electron chi connectivity index (χ3n) is 0.123. The lowest BCUT2D eigenvalue weighted by Gasteiger charge is -1.58. The van der Waals surface area contributed by atoms with Crippen LogP contribution in [0, 0.1) is 0 Å². The Morgan fingerprint density at radius 1 is 2.00 bits per heavy atom. The van der Waals surface area contributed by atoms with Crippen molar-refractivity contribution in [2.75, 3.05) is 0 Å². The van der Waals surface area contributed by atoms with Crippen LogP contribution in [0.2, 0.25) is 0 Å². The average Bonchev–Trinajstić information content (AvgIpc) is 1.35. The van der Waals surface area contributed by atoms with Crippen molar-refractivity contribution in [1.29, 1.82) is 0 Å². The van der Waals surface area contributed by atoms with Crippen LogP contribution in [-0.2, 0) is 0 Å². The summed E-state index contributed by atoms with van der Waals surface area (Å²) in [5.41, 5.74) is 7.44. The van der Waals surface area contributed by atoms with Gasteiger partial charge in [0.15, 0.2) is 0 Å². The van der Waals surface area contributed by atoms with Gasteiger partial charge in [0, 0.05) is 4.91 Å². The average molecular weight is 150 g/mol. The van der Waals surface area contributed by atoms with E-state index in [-0.39, 0.29) is 0 Å². The quantitative estimate of drug-likeness (QED) is 0.170. The molecule has 0 aliphatic heterocycles. The predicted octanol–water partition coefficient (Wildman–Crippen LogP) is 1.81. The molecule has 4 nitrogen and oxygen atoms in total. The highest BCUT2D eigenvalue weighted by Crippen LogP contribution is 1.86. The van der Waals surface area contributed by atoms with Gasteiger partial charge in [-0.05, 0) is 26.6 Å². The number of carbonyl (C=O) groups excluding carboxylic acids is 1. The van der Waals surface area contributed by atoms with Crippen LogP contribution in [0.15, 0.2) is 5.11 Å². The highest BCUT2D eigenvalue weighted by atomic mass is 79.9. The fraction of sp³-hybridized carbons (Fsp3) is 0. The number of amides is 1. The molecule has 32 valence electrons. The minimum Gasteiger partial charge on any atom is -0.279 e. The summed E-state index contributed by atoms with van der Waals surface area (Å²) in [5, 5.41) is 2.58. The highest BCUT2D eigenvalue weighted by molar-refractivity contribution is 9.18. The van der Waals surface area contributed by atoms with Gasteiger partial charge in [0.25, 0.3) is 4.82 Å². The van der Waals surface area contributed by atoms with E-state index in [1.165, 1.54) is 0 Å². The van der Waals surface area contributed by atoms with Gasteiger partial charge in [0.1, 0.15) is 0 Å². The Labute approximate surface area is 41.9 Å². The van der Waals surface area contributed by atoms with Crippen molar-refractivity contribution in [2.45, 2.75) is 0 Å². The molecule has 6 heavy (non-hydrogen) atoms. The van der Waals surface area contributed by atoms with Gasteiger partial charge >= 0.3 is 0 Å². The molecule has 0 N–H and O–H groups in total. The van der Waals surface area contributed by atoms with Gasteiger partial charge in [-0.3, -0.25) is 4.79 Å². The number of halogens is 1. The van der Waals surface area contributed by atoms with E-state index < -0.39 is 4.82 Å². The zero-order valence-corrected chi connectivity index (χ0v) is 4.21. The molecule has 0 saturated carbocycles. The van der Waals surface area contributed by atoms with E-state index in [9.17, 15) is 4.79 Å². The van der Waals surface area contributed by atoms with Crippen molar-refractivity contribution in [2.24, 2.45) is 5.11 Å². The number of rotatable bonds is 0. The van der Waals surface area contributed by atoms with Gasteiger partial charge in [-0.1, -0.05) is 0 Å². The lowest BCUT2D eigenvalue weighted by atomic mass is 11.5. The maximum Gasteiger partial charge on any atom is 0.284 e. The van der Waals surface area contributed by atoms with Gasteiger partial charge in [-0.15, -0.1) is 0 Å². The number of azide groups is 1. The molecule has 0 saturated heterocycles. The molecule has 0 heterocycles. The molecule has 0 aromatic rings. The third kappa shape index (κ3) is 3.46. The zero-order valence-electron chi connectivity index (χ0n) is 2.63. The Kier molecular flexibility index (Phi) is 2.44. The van der Waals surface area contributed by atoms with Crippen molar-refractivity contribution < 1.29 is 4.79 Å². The smallest absolute Gasteiger partial charge is 0.279 e. The fourth-order valence-electron chi connectivity index (χ4n) is 0.0352. The predicted molar refractivity (Wildman–Crippen MR) is 23.5 cm³/mol. The molecule has 0 radical (unpaired) electrons. The second-order valence-electron chi connectivity index (χ2n) is 0.442. The SMILES string of the molecule is [N-]=[N+]=NC(=O)Br. The first-order chi connectivity index (χ1) is 2.77. The molecular formula is CBrN3O. The van der Waals surface area contributed by atoms with Crippen LogP contribution in [0.5, 0.6) is 0 Å². The van der Waals surface area contributed by atoms with Gasteiger partial charge in [-0.2, -0.15) is 0 Å². The largest absolute Gasteiger partial charge is 0.284 e. The molecular weight excluding hydrogens is 150 g/mol. The first kappa shape index (κ1) is 5.46. The number of hydrogen-bond donors (Lipinski definition) is 0. The van der Waals surface area contributed by atoms with Crippen molar-refractivity contribution >= 4 is 20.7 Å². The number of hydrogen-bond acceptors (Lipinski definition) is 1. The van der Waals surface area contributed by atoms with E-state index >= 15 is 0 Å². The number of nitrogens with zero attached hydrogens (tertiary/aromatic N) is 3. The standard InChI is InChI=1S/CBrN3O/c2-1(6)4-5-3. The molecule has 1 amide bonds. The van der Waals surface area contributed by atoms with Crippen LogP contribution < -0.4 is 0 Å². The van der Waals surface area contributed by atoms with Crippen molar-refractivity contribution in [3.05, 3.63) is 10.4 Å². The van der Waals surface area contributed by atoms with E-state index in [0.29, 0.717) is 0 Å². The summed E-state index contributed by atoms with van der Waals surface area (Å²) in [7, 11) is 0. The summed E-state index contributed by atoms with van der Waals surface area (Å²) in [6.07, 6.45) is 0. The minimum absolute atomic E-state index is 0.690. The molecule has 0 aliphatic carbocycles. The zero-order chi connectivity index (χ0) is 4.99. The van der Waals surface area contributed by atoms with Gasteiger partial charge in [0.05, 0.1) is 0 Å². The summed E-state index contributed by atoms with van der Waals surface area (Å²) in [6, 6.07) is 0. The maximum absolute atomic E-state index is 9.54. The maximum atomic E-state index is 9.54. The summed E-state index contributed by atoms with van der Waals surface area (Å²) in [5.74, 6) is 0.